The number of aliphatic hydroxyl groups is 1. The summed E-state index contributed by atoms with van der Waals surface area (Å²) in [5.41, 5.74) is 0.740. The molecular weight excluding hydrogens is 278 g/mol. The van der Waals surface area contributed by atoms with E-state index in [9.17, 15) is 4.79 Å². The van der Waals surface area contributed by atoms with Crippen molar-refractivity contribution in [2.75, 3.05) is 32.7 Å². The van der Waals surface area contributed by atoms with Crippen molar-refractivity contribution in [2.45, 2.75) is 6.42 Å². The van der Waals surface area contributed by atoms with Gasteiger partial charge in [0.2, 0.25) is 0 Å². The van der Waals surface area contributed by atoms with Crippen molar-refractivity contribution in [2.24, 2.45) is 0 Å². The van der Waals surface area contributed by atoms with E-state index in [4.69, 9.17) is 14.6 Å². The highest BCUT2D eigenvalue weighted by Gasteiger charge is 2.19. The number of ether oxygens (including phenoxy) is 2. The summed E-state index contributed by atoms with van der Waals surface area (Å²) >= 11 is 1.38. The van der Waals surface area contributed by atoms with Crippen LogP contribution in [0, 0.1) is 0 Å². The van der Waals surface area contributed by atoms with E-state index in [0.717, 1.165) is 21.5 Å². The highest BCUT2D eigenvalue weighted by atomic mass is 32.1. The lowest BCUT2D eigenvalue weighted by atomic mass is 10.2. The summed E-state index contributed by atoms with van der Waals surface area (Å²) in [5, 5.41) is 13.0. The monoisotopic (exact) mass is 295 g/mol. The molecule has 0 aliphatic heterocycles. The minimum atomic E-state index is -0.364. The Bertz CT molecular complexity index is 608. The van der Waals surface area contributed by atoms with Gasteiger partial charge < -0.3 is 19.9 Å². The summed E-state index contributed by atoms with van der Waals surface area (Å²) in [5.74, 6) is 0.369. The summed E-state index contributed by atoms with van der Waals surface area (Å²) in [7, 11) is 2.97. The molecule has 0 aliphatic carbocycles. The van der Waals surface area contributed by atoms with Crippen LogP contribution in [0.1, 0.15) is 16.1 Å². The number of fused-ring (bicyclic) bond motifs is 1. The van der Waals surface area contributed by atoms with Crippen LogP contribution in [0.25, 0.3) is 10.1 Å². The zero-order valence-corrected chi connectivity index (χ0v) is 12.3. The molecule has 0 saturated carbocycles. The lowest BCUT2D eigenvalue weighted by Gasteiger charge is -2.07. The first-order valence-corrected chi connectivity index (χ1v) is 7.06. The molecule has 2 rings (SSSR count). The number of nitrogens with one attached hydrogen (secondary N) is 1. The minimum absolute atomic E-state index is 0.103. The van der Waals surface area contributed by atoms with E-state index in [-0.39, 0.29) is 12.6 Å². The number of anilines is 1. The minimum Gasteiger partial charge on any atom is -0.497 e. The Kier molecular flexibility index (Phi) is 4.81. The van der Waals surface area contributed by atoms with Crippen LogP contribution < -0.4 is 10.1 Å². The maximum atomic E-state index is 11.9. The Labute approximate surface area is 121 Å². The number of carbonyl (C=O) groups excluding carboxylic acids is 1. The quantitative estimate of drug-likeness (QED) is 0.633. The number of hydrogen-bond acceptors (Lipinski definition) is 6. The Hall–Kier alpha value is -1.79. The van der Waals surface area contributed by atoms with Gasteiger partial charge in [-0.1, -0.05) is 0 Å². The first-order chi connectivity index (χ1) is 9.71. The molecule has 0 unspecified atom stereocenters. The molecule has 2 N–H and O–H groups in total. The van der Waals surface area contributed by atoms with Gasteiger partial charge in [-0.3, -0.25) is 0 Å². The zero-order chi connectivity index (χ0) is 14.5. The van der Waals surface area contributed by atoms with E-state index in [1.807, 2.05) is 18.2 Å². The molecule has 2 aromatic rings. The third-order valence-electron chi connectivity index (χ3n) is 2.90. The number of methoxy groups -OCH3 is 2. The van der Waals surface area contributed by atoms with E-state index >= 15 is 0 Å². The van der Waals surface area contributed by atoms with Crippen molar-refractivity contribution in [3.05, 3.63) is 23.1 Å². The Morgan fingerprint density at radius 2 is 2.20 bits per heavy atom. The summed E-state index contributed by atoms with van der Waals surface area (Å²) < 4.78 is 11.0. The lowest BCUT2D eigenvalue weighted by molar-refractivity contribution is 0.0607. The predicted molar refractivity (Wildman–Crippen MR) is 79.9 cm³/mol. The average molecular weight is 295 g/mol. The first kappa shape index (κ1) is 14.6. The van der Waals surface area contributed by atoms with Crippen LogP contribution in [-0.4, -0.2) is 38.4 Å². The standard InChI is InChI=1S/C14H17NO4S/c1-18-9-4-5-11-10(8-9)12(15-6-3-7-16)13(20-11)14(17)19-2/h4-5,8,15-16H,3,6-7H2,1-2H3. The van der Waals surface area contributed by atoms with Gasteiger partial charge in [-0.15, -0.1) is 11.3 Å². The van der Waals surface area contributed by atoms with Crippen LogP contribution in [0.2, 0.25) is 0 Å². The van der Waals surface area contributed by atoms with Crippen molar-refractivity contribution in [3.8, 4) is 5.75 Å². The molecule has 20 heavy (non-hydrogen) atoms. The third-order valence-corrected chi connectivity index (χ3v) is 4.05. The second-order valence-electron chi connectivity index (χ2n) is 4.16. The molecular formula is C14H17NO4S. The van der Waals surface area contributed by atoms with Gasteiger partial charge in [0.1, 0.15) is 10.6 Å². The van der Waals surface area contributed by atoms with E-state index in [2.05, 4.69) is 5.32 Å². The average Bonchev–Trinajstić information content (AvgIpc) is 2.84. The fourth-order valence-corrected chi connectivity index (χ4v) is 2.99. The van der Waals surface area contributed by atoms with Crippen LogP contribution in [0.4, 0.5) is 5.69 Å². The van der Waals surface area contributed by atoms with Gasteiger partial charge in [0.15, 0.2) is 0 Å². The predicted octanol–water partition coefficient (Wildman–Crippen LogP) is 2.49. The number of hydrogen-bond donors (Lipinski definition) is 2. The molecule has 0 spiro atoms. The zero-order valence-electron chi connectivity index (χ0n) is 11.4. The Morgan fingerprint density at radius 1 is 1.40 bits per heavy atom. The number of rotatable bonds is 6. The molecule has 5 nitrogen and oxygen atoms in total. The van der Waals surface area contributed by atoms with Gasteiger partial charge in [0.05, 0.1) is 19.9 Å². The molecule has 1 aromatic heterocycles. The fourth-order valence-electron chi connectivity index (χ4n) is 1.91. The van der Waals surface area contributed by atoms with E-state index in [0.29, 0.717) is 17.8 Å². The fraction of sp³-hybridized carbons (Fsp3) is 0.357. The van der Waals surface area contributed by atoms with E-state index in [1.165, 1.54) is 18.4 Å². The third kappa shape index (κ3) is 2.86. The topological polar surface area (TPSA) is 67.8 Å². The molecule has 0 aliphatic rings. The van der Waals surface area contributed by atoms with Crippen LogP contribution >= 0.6 is 11.3 Å². The SMILES string of the molecule is COC(=O)c1sc2ccc(OC)cc2c1NCCCO. The summed E-state index contributed by atoms with van der Waals surface area (Å²) in [6.45, 7) is 0.690. The number of benzene rings is 1. The van der Waals surface area contributed by atoms with Crippen LogP contribution in [0.15, 0.2) is 18.2 Å². The molecule has 0 amide bonds. The van der Waals surface area contributed by atoms with E-state index in [1.54, 1.807) is 7.11 Å². The van der Waals surface area contributed by atoms with Gasteiger partial charge >= 0.3 is 5.97 Å². The molecule has 0 fully saturated rings. The Morgan fingerprint density at radius 3 is 2.85 bits per heavy atom. The van der Waals surface area contributed by atoms with Gasteiger partial charge in [-0.05, 0) is 24.6 Å². The van der Waals surface area contributed by atoms with Crippen molar-refractivity contribution in [3.63, 3.8) is 0 Å². The molecule has 0 atom stereocenters. The van der Waals surface area contributed by atoms with Crippen LogP contribution in [0.3, 0.4) is 0 Å². The Balaban J connectivity index is 2.47. The number of thiophene rings is 1. The van der Waals surface area contributed by atoms with Gasteiger partial charge in [0, 0.05) is 23.2 Å². The van der Waals surface area contributed by atoms with Gasteiger partial charge in [0.25, 0.3) is 0 Å². The molecule has 1 heterocycles. The van der Waals surface area contributed by atoms with Crippen LogP contribution in [0.5, 0.6) is 5.75 Å². The number of aliphatic hydroxyl groups excluding tert-OH is 1. The van der Waals surface area contributed by atoms with Crippen molar-refractivity contribution >= 4 is 33.1 Å². The molecule has 1 aromatic carbocycles. The highest BCUT2D eigenvalue weighted by molar-refractivity contribution is 7.21. The smallest absolute Gasteiger partial charge is 0.350 e. The highest BCUT2D eigenvalue weighted by Crippen LogP contribution is 2.38. The molecule has 0 radical (unpaired) electrons. The number of carbonyl (C=O) groups is 1. The molecule has 0 bridgehead atoms. The lowest BCUT2D eigenvalue weighted by Crippen LogP contribution is -2.07. The van der Waals surface area contributed by atoms with Gasteiger partial charge in [-0.25, -0.2) is 4.79 Å². The first-order valence-electron chi connectivity index (χ1n) is 6.24. The maximum Gasteiger partial charge on any atom is 0.350 e. The van der Waals surface area contributed by atoms with Gasteiger partial charge in [-0.2, -0.15) is 0 Å². The largest absolute Gasteiger partial charge is 0.497 e. The summed E-state index contributed by atoms with van der Waals surface area (Å²) in [6, 6.07) is 5.67. The van der Waals surface area contributed by atoms with Crippen molar-refractivity contribution in [1.29, 1.82) is 0 Å². The van der Waals surface area contributed by atoms with Crippen molar-refractivity contribution < 1.29 is 19.4 Å². The number of esters is 1. The maximum absolute atomic E-state index is 11.9. The second-order valence-corrected chi connectivity index (χ2v) is 5.22. The molecule has 108 valence electrons. The van der Waals surface area contributed by atoms with Crippen molar-refractivity contribution in [1.82, 2.24) is 0 Å². The van der Waals surface area contributed by atoms with Crippen LogP contribution in [-0.2, 0) is 4.74 Å². The molecule has 0 saturated heterocycles. The molecule has 6 heteroatoms. The summed E-state index contributed by atoms with van der Waals surface area (Å²) in [6.07, 6.45) is 0.613. The summed E-state index contributed by atoms with van der Waals surface area (Å²) in [4.78, 5) is 12.4. The second kappa shape index (κ2) is 6.58. The normalized spacial score (nSPS) is 10.6. The van der Waals surface area contributed by atoms with E-state index < -0.39 is 0 Å².